The first-order valence-electron chi connectivity index (χ1n) is 6.55. The molecule has 0 saturated carbocycles. The van der Waals surface area contributed by atoms with E-state index in [0.29, 0.717) is 17.8 Å². The van der Waals surface area contributed by atoms with E-state index in [1.165, 1.54) is 21.3 Å². The second-order valence-electron chi connectivity index (χ2n) is 5.20. The van der Waals surface area contributed by atoms with Crippen LogP contribution in [0, 0.1) is 0 Å². The van der Waals surface area contributed by atoms with E-state index in [9.17, 15) is 18.0 Å². The average molecular weight is 309 g/mol. The second kappa shape index (κ2) is 4.81. The molecule has 1 fully saturated rings. The Hall–Kier alpha value is -1.93. The minimum Gasteiger partial charge on any atom is -0.343 e. The van der Waals surface area contributed by atoms with Crippen molar-refractivity contribution in [3.8, 4) is 0 Å². The van der Waals surface area contributed by atoms with Crippen molar-refractivity contribution in [3.05, 3.63) is 23.8 Å². The number of fused-ring (bicyclic) bond motifs is 1. The fourth-order valence-electron chi connectivity index (χ4n) is 2.46. The Kier molecular flexibility index (Phi) is 3.22. The Labute approximate surface area is 122 Å². The third-order valence-electron chi connectivity index (χ3n) is 3.76. The van der Waals surface area contributed by atoms with Gasteiger partial charge in [-0.2, -0.15) is 4.31 Å². The number of rotatable bonds is 2. The van der Waals surface area contributed by atoms with Crippen molar-refractivity contribution in [3.63, 3.8) is 0 Å². The predicted molar refractivity (Wildman–Crippen MR) is 75.2 cm³/mol. The number of anilines is 1. The Morgan fingerprint density at radius 1 is 1.19 bits per heavy atom. The number of nitrogens with one attached hydrogen (secondary N) is 1. The minimum absolute atomic E-state index is 0.120. The van der Waals surface area contributed by atoms with E-state index in [4.69, 9.17) is 0 Å². The molecule has 2 aliphatic heterocycles. The number of amides is 2. The molecular formula is C13H15N3O4S. The Morgan fingerprint density at radius 2 is 1.95 bits per heavy atom. The van der Waals surface area contributed by atoms with Crippen molar-refractivity contribution in [2.75, 3.05) is 32.0 Å². The van der Waals surface area contributed by atoms with Crippen LogP contribution in [0.1, 0.15) is 5.56 Å². The van der Waals surface area contributed by atoms with Crippen LogP contribution in [0.2, 0.25) is 0 Å². The van der Waals surface area contributed by atoms with E-state index in [0.717, 1.165) is 0 Å². The molecule has 2 heterocycles. The van der Waals surface area contributed by atoms with Crippen molar-refractivity contribution in [2.24, 2.45) is 0 Å². The number of hydrogen-bond acceptors (Lipinski definition) is 4. The smallest absolute Gasteiger partial charge is 0.243 e. The summed E-state index contributed by atoms with van der Waals surface area (Å²) in [4.78, 5) is 24.6. The van der Waals surface area contributed by atoms with E-state index in [1.54, 1.807) is 13.1 Å². The third-order valence-corrected chi connectivity index (χ3v) is 5.60. The van der Waals surface area contributed by atoms with E-state index in [-0.39, 0.29) is 36.2 Å². The van der Waals surface area contributed by atoms with Gasteiger partial charge in [-0.05, 0) is 23.8 Å². The van der Waals surface area contributed by atoms with E-state index >= 15 is 0 Å². The molecule has 3 rings (SSSR count). The van der Waals surface area contributed by atoms with Crippen molar-refractivity contribution in [1.29, 1.82) is 0 Å². The molecule has 0 radical (unpaired) electrons. The van der Waals surface area contributed by atoms with Gasteiger partial charge in [0.25, 0.3) is 0 Å². The topological polar surface area (TPSA) is 86.8 Å². The summed E-state index contributed by atoms with van der Waals surface area (Å²) in [5, 5.41) is 2.66. The summed E-state index contributed by atoms with van der Waals surface area (Å²) in [7, 11) is -2.06. The van der Waals surface area contributed by atoms with Crippen molar-refractivity contribution in [2.45, 2.75) is 11.3 Å². The quantitative estimate of drug-likeness (QED) is 0.808. The molecule has 0 atom stereocenters. The summed E-state index contributed by atoms with van der Waals surface area (Å²) in [5.74, 6) is -0.364. The molecule has 7 nitrogen and oxygen atoms in total. The molecule has 2 amide bonds. The van der Waals surface area contributed by atoms with Gasteiger partial charge in [-0.3, -0.25) is 9.59 Å². The highest BCUT2D eigenvalue weighted by Gasteiger charge is 2.32. The number of benzene rings is 1. The summed E-state index contributed by atoms with van der Waals surface area (Å²) in [5.41, 5.74) is 1.31. The van der Waals surface area contributed by atoms with Crippen LogP contribution < -0.4 is 5.32 Å². The molecule has 1 saturated heterocycles. The Balaban J connectivity index is 1.91. The molecule has 0 aliphatic carbocycles. The first-order valence-corrected chi connectivity index (χ1v) is 7.99. The van der Waals surface area contributed by atoms with Gasteiger partial charge in [-0.1, -0.05) is 0 Å². The minimum atomic E-state index is -3.71. The fraction of sp³-hybridized carbons (Fsp3) is 0.385. The maximum atomic E-state index is 12.6. The van der Waals surface area contributed by atoms with Gasteiger partial charge in [0, 0.05) is 25.8 Å². The normalized spacial score (nSPS) is 19.6. The molecular weight excluding hydrogens is 294 g/mol. The molecule has 1 aromatic carbocycles. The molecule has 1 N–H and O–H groups in total. The van der Waals surface area contributed by atoms with Gasteiger partial charge < -0.3 is 10.2 Å². The molecule has 112 valence electrons. The van der Waals surface area contributed by atoms with Crippen LogP contribution in [0.25, 0.3) is 0 Å². The number of carbonyl (C=O) groups excluding carboxylic acids is 2. The molecule has 21 heavy (non-hydrogen) atoms. The van der Waals surface area contributed by atoms with Crippen LogP contribution >= 0.6 is 0 Å². The highest BCUT2D eigenvalue weighted by atomic mass is 32.2. The molecule has 0 aromatic heterocycles. The molecule has 0 bridgehead atoms. The van der Waals surface area contributed by atoms with Gasteiger partial charge in [-0.15, -0.1) is 0 Å². The largest absolute Gasteiger partial charge is 0.343 e. The summed E-state index contributed by atoms with van der Waals surface area (Å²) >= 11 is 0. The fourth-order valence-corrected chi connectivity index (χ4v) is 3.89. The SMILES string of the molecule is CN1CCN(S(=O)(=O)c2ccc3c(c2)CC(=O)N3)CC1=O. The lowest BCUT2D eigenvalue weighted by atomic mass is 10.2. The molecule has 0 unspecified atom stereocenters. The van der Waals surface area contributed by atoms with Gasteiger partial charge in [0.15, 0.2) is 0 Å². The van der Waals surface area contributed by atoms with Crippen LogP contribution in [0.15, 0.2) is 23.1 Å². The van der Waals surface area contributed by atoms with Gasteiger partial charge >= 0.3 is 0 Å². The van der Waals surface area contributed by atoms with Crippen molar-refractivity contribution >= 4 is 27.5 Å². The standard InChI is InChI=1S/C13H15N3O4S/c1-15-4-5-16(8-13(15)18)21(19,20)10-2-3-11-9(6-10)7-12(17)14-11/h2-3,6H,4-5,7-8H2,1H3,(H,14,17). The van der Waals surface area contributed by atoms with Gasteiger partial charge in [-0.25, -0.2) is 8.42 Å². The van der Waals surface area contributed by atoms with Crippen LogP contribution in [0.4, 0.5) is 5.69 Å². The number of nitrogens with zero attached hydrogens (tertiary/aromatic N) is 2. The second-order valence-corrected chi connectivity index (χ2v) is 7.14. The lowest BCUT2D eigenvalue weighted by Gasteiger charge is -2.31. The predicted octanol–water partition coefficient (Wildman–Crippen LogP) is -0.356. The lowest BCUT2D eigenvalue weighted by molar-refractivity contribution is -0.132. The maximum absolute atomic E-state index is 12.6. The van der Waals surface area contributed by atoms with Gasteiger partial charge in [0.1, 0.15) is 0 Å². The zero-order valence-corrected chi connectivity index (χ0v) is 12.3. The van der Waals surface area contributed by atoms with Crippen LogP contribution in [-0.2, 0) is 26.0 Å². The maximum Gasteiger partial charge on any atom is 0.243 e. The third kappa shape index (κ3) is 2.40. The van der Waals surface area contributed by atoms with Crippen molar-refractivity contribution in [1.82, 2.24) is 9.21 Å². The Morgan fingerprint density at radius 3 is 2.67 bits per heavy atom. The monoisotopic (exact) mass is 309 g/mol. The number of sulfonamides is 1. The van der Waals surface area contributed by atoms with E-state index < -0.39 is 10.0 Å². The summed E-state index contributed by atoms with van der Waals surface area (Å²) < 4.78 is 26.3. The number of carbonyl (C=O) groups is 2. The van der Waals surface area contributed by atoms with Crippen molar-refractivity contribution < 1.29 is 18.0 Å². The summed E-state index contributed by atoms with van der Waals surface area (Å²) in [6.45, 7) is 0.509. The number of likely N-dealkylation sites (N-methyl/N-ethyl adjacent to an activating group) is 1. The van der Waals surface area contributed by atoms with Crippen LogP contribution in [0.5, 0.6) is 0 Å². The Bertz CT molecular complexity index is 729. The van der Waals surface area contributed by atoms with E-state index in [1.807, 2.05) is 0 Å². The van der Waals surface area contributed by atoms with Crippen LogP contribution in [-0.4, -0.2) is 56.1 Å². The van der Waals surface area contributed by atoms with Gasteiger partial charge in [0.2, 0.25) is 21.8 Å². The zero-order chi connectivity index (χ0) is 15.2. The molecule has 1 aromatic rings. The first kappa shape index (κ1) is 14.0. The molecule has 2 aliphatic rings. The average Bonchev–Trinajstić information content (AvgIpc) is 2.80. The molecule has 0 spiro atoms. The number of piperazine rings is 1. The van der Waals surface area contributed by atoms with Crippen LogP contribution in [0.3, 0.4) is 0 Å². The highest BCUT2D eigenvalue weighted by Crippen LogP contribution is 2.27. The highest BCUT2D eigenvalue weighted by molar-refractivity contribution is 7.89. The van der Waals surface area contributed by atoms with E-state index in [2.05, 4.69) is 5.32 Å². The lowest BCUT2D eigenvalue weighted by Crippen LogP contribution is -2.50. The summed E-state index contributed by atoms with van der Waals surface area (Å²) in [6, 6.07) is 4.55. The zero-order valence-electron chi connectivity index (χ0n) is 11.5. The number of hydrogen-bond donors (Lipinski definition) is 1. The summed E-state index contributed by atoms with van der Waals surface area (Å²) in [6.07, 6.45) is 0.181. The van der Waals surface area contributed by atoms with Gasteiger partial charge in [0.05, 0.1) is 17.9 Å². The first-order chi connectivity index (χ1) is 9.88. The molecule has 8 heteroatoms.